The molecule has 4 aromatic rings. The van der Waals surface area contributed by atoms with Crippen molar-refractivity contribution < 1.29 is 14.4 Å². The maximum Gasteiger partial charge on any atom is 0.262 e. The minimum Gasteiger partial charge on any atom is -0.324 e. The molecule has 1 aliphatic rings. The van der Waals surface area contributed by atoms with Crippen molar-refractivity contribution in [3.05, 3.63) is 126 Å². The van der Waals surface area contributed by atoms with E-state index < -0.39 is 23.8 Å². The molecule has 0 bridgehead atoms. The molecule has 1 atom stereocenters. The average Bonchev–Trinajstić information content (AvgIpc) is 3.14. The molecule has 1 heterocycles. The first kappa shape index (κ1) is 21.3. The molecule has 0 aromatic heterocycles. The number of hydrogen-bond acceptors (Lipinski definition) is 3. The summed E-state index contributed by atoms with van der Waals surface area (Å²) in [6, 6.07) is 32.5. The second-order valence-electron chi connectivity index (χ2n) is 8.16. The van der Waals surface area contributed by atoms with E-state index in [-0.39, 0.29) is 6.42 Å². The number of carbonyl (C=O) groups excluding carboxylic acids is 3. The van der Waals surface area contributed by atoms with Gasteiger partial charge in [0.25, 0.3) is 11.8 Å². The van der Waals surface area contributed by atoms with Crippen LogP contribution in [0.3, 0.4) is 0 Å². The number of fused-ring (bicyclic) bond motifs is 1. The molecule has 1 N–H and O–H groups in total. The highest BCUT2D eigenvalue weighted by Crippen LogP contribution is 2.27. The standard InChI is InChI=1S/C29H22N2O3/c32-27(30-23-17-15-22(16-18-23)21-11-5-2-6-12-21)26(19-20-9-3-1-4-10-20)31-28(33)24-13-7-8-14-25(24)29(31)34/h1-18,26H,19H2,(H,30,32). The molecule has 0 saturated heterocycles. The Kier molecular flexibility index (Phi) is 5.75. The molecule has 34 heavy (non-hydrogen) atoms. The van der Waals surface area contributed by atoms with Crippen LogP contribution in [-0.2, 0) is 11.2 Å². The summed E-state index contributed by atoms with van der Waals surface area (Å²) in [5.41, 5.74) is 4.21. The first-order valence-corrected chi connectivity index (χ1v) is 11.1. The van der Waals surface area contributed by atoms with Gasteiger partial charge in [-0.2, -0.15) is 0 Å². The second-order valence-corrected chi connectivity index (χ2v) is 8.16. The van der Waals surface area contributed by atoms with Crippen molar-refractivity contribution in [1.29, 1.82) is 0 Å². The van der Waals surface area contributed by atoms with Gasteiger partial charge >= 0.3 is 0 Å². The molecule has 5 nitrogen and oxygen atoms in total. The molecule has 0 aliphatic carbocycles. The van der Waals surface area contributed by atoms with Crippen LogP contribution in [0.5, 0.6) is 0 Å². The maximum atomic E-state index is 13.4. The van der Waals surface area contributed by atoms with E-state index in [9.17, 15) is 14.4 Å². The van der Waals surface area contributed by atoms with Crippen molar-refractivity contribution in [1.82, 2.24) is 4.90 Å². The fraction of sp³-hybridized carbons (Fsp3) is 0.0690. The van der Waals surface area contributed by atoms with Crippen LogP contribution in [0.1, 0.15) is 26.3 Å². The molecule has 3 amide bonds. The van der Waals surface area contributed by atoms with E-state index in [2.05, 4.69) is 5.32 Å². The van der Waals surface area contributed by atoms with Gasteiger partial charge in [-0.15, -0.1) is 0 Å². The highest BCUT2D eigenvalue weighted by Gasteiger charge is 2.42. The van der Waals surface area contributed by atoms with Crippen molar-refractivity contribution in [2.45, 2.75) is 12.5 Å². The van der Waals surface area contributed by atoms with Crippen LogP contribution in [-0.4, -0.2) is 28.7 Å². The molecule has 1 aliphatic heterocycles. The third-order valence-corrected chi connectivity index (χ3v) is 5.97. The van der Waals surface area contributed by atoms with Gasteiger partial charge < -0.3 is 5.32 Å². The third-order valence-electron chi connectivity index (χ3n) is 5.97. The maximum absolute atomic E-state index is 13.4. The topological polar surface area (TPSA) is 66.5 Å². The van der Waals surface area contributed by atoms with Gasteiger partial charge in [0, 0.05) is 12.1 Å². The quantitative estimate of drug-likeness (QED) is 0.414. The summed E-state index contributed by atoms with van der Waals surface area (Å²) in [6.45, 7) is 0. The average molecular weight is 447 g/mol. The van der Waals surface area contributed by atoms with Gasteiger partial charge in [0.1, 0.15) is 6.04 Å². The first-order valence-electron chi connectivity index (χ1n) is 11.1. The molecule has 0 radical (unpaired) electrons. The lowest BCUT2D eigenvalue weighted by Crippen LogP contribution is -2.48. The van der Waals surface area contributed by atoms with Gasteiger partial charge in [-0.25, -0.2) is 0 Å². The summed E-state index contributed by atoms with van der Waals surface area (Å²) >= 11 is 0. The summed E-state index contributed by atoms with van der Waals surface area (Å²) in [5, 5.41) is 2.90. The van der Waals surface area contributed by atoms with E-state index in [0.717, 1.165) is 21.6 Å². The fourth-order valence-electron chi connectivity index (χ4n) is 4.23. The van der Waals surface area contributed by atoms with Gasteiger partial charge in [-0.3, -0.25) is 19.3 Å². The lowest BCUT2D eigenvalue weighted by molar-refractivity contribution is -0.119. The molecule has 0 saturated carbocycles. The number of rotatable bonds is 6. The highest BCUT2D eigenvalue weighted by atomic mass is 16.2. The van der Waals surface area contributed by atoms with Crippen LogP contribution in [0.2, 0.25) is 0 Å². The van der Waals surface area contributed by atoms with Crippen LogP contribution < -0.4 is 5.32 Å². The molecule has 166 valence electrons. The van der Waals surface area contributed by atoms with E-state index >= 15 is 0 Å². The molecule has 5 heteroatoms. The number of hydrogen-bond donors (Lipinski definition) is 1. The lowest BCUT2D eigenvalue weighted by atomic mass is 10.0. The Morgan fingerprint density at radius 3 is 1.74 bits per heavy atom. The Balaban J connectivity index is 1.42. The van der Waals surface area contributed by atoms with Gasteiger partial charge in [0.15, 0.2) is 0 Å². The van der Waals surface area contributed by atoms with Gasteiger partial charge in [0.05, 0.1) is 11.1 Å². The number of benzene rings is 4. The minimum atomic E-state index is -0.983. The zero-order valence-electron chi connectivity index (χ0n) is 18.3. The van der Waals surface area contributed by atoms with E-state index in [0.29, 0.717) is 16.8 Å². The predicted molar refractivity (Wildman–Crippen MR) is 131 cm³/mol. The number of nitrogens with zero attached hydrogens (tertiary/aromatic N) is 1. The van der Waals surface area contributed by atoms with Crippen LogP contribution in [0.25, 0.3) is 11.1 Å². The van der Waals surface area contributed by atoms with Crippen LogP contribution in [0, 0.1) is 0 Å². The van der Waals surface area contributed by atoms with Crippen molar-refractivity contribution in [3.8, 4) is 11.1 Å². The number of nitrogens with one attached hydrogen (secondary N) is 1. The summed E-state index contributed by atoms with van der Waals surface area (Å²) in [5.74, 6) is -1.31. The van der Waals surface area contributed by atoms with Crippen molar-refractivity contribution in [2.24, 2.45) is 0 Å². The minimum absolute atomic E-state index is 0.222. The molecule has 0 fully saturated rings. The Morgan fingerprint density at radius 1 is 0.647 bits per heavy atom. The number of carbonyl (C=O) groups is 3. The number of amides is 3. The normalized spacial score (nSPS) is 13.5. The van der Waals surface area contributed by atoms with Crippen LogP contribution >= 0.6 is 0 Å². The largest absolute Gasteiger partial charge is 0.324 e. The van der Waals surface area contributed by atoms with Gasteiger partial charge in [-0.05, 0) is 41.0 Å². The second kappa shape index (κ2) is 9.16. The smallest absolute Gasteiger partial charge is 0.262 e. The fourth-order valence-corrected chi connectivity index (χ4v) is 4.23. The monoisotopic (exact) mass is 446 g/mol. The van der Waals surface area contributed by atoms with Crippen molar-refractivity contribution >= 4 is 23.4 Å². The zero-order valence-corrected chi connectivity index (χ0v) is 18.3. The lowest BCUT2D eigenvalue weighted by Gasteiger charge is -2.25. The Labute approximate surface area is 197 Å². The Hall–Kier alpha value is -4.51. The predicted octanol–water partition coefficient (Wildman–Crippen LogP) is 5.20. The Bertz CT molecular complexity index is 1310. The summed E-state index contributed by atoms with van der Waals surface area (Å²) in [6.07, 6.45) is 0.222. The summed E-state index contributed by atoms with van der Waals surface area (Å²) in [4.78, 5) is 40.8. The summed E-state index contributed by atoms with van der Waals surface area (Å²) in [7, 11) is 0. The zero-order chi connectivity index (χ0) is 23.5. The van der Waals surface area contributed by atoms with Crippen LogP contribution in [0.4, 0.5) is 5.69 Å². The van der Waals surface area contributed by atoms with Gasteiger partial charge in [-0.1, -0.05) is 84.9 Å². The number of imide groups is 1. The highest BCUT2D eigenvalue weighted by molar-refractivity contribution is 6.23. The summed E-state index contributed by atoms with van der Waals surface area (Å²) < 4.78 is 0. The molecule has 1 unspecified atom stereocenters. The number of anilines is 1. The van der Waals surface area contributed by atoms with Crippen molar-refractivity contribution in [2.75, 3.05) is 5.32 Å². The first-order chi connectivity index (χ1) is 16.6. The van der Waals surface area contributed by atoms with Crippen LogP contribution in [0.15, 0.2) is 109 Å². The molecule has 5 rings (SSSR count). The van der Waals surface area contributed by atoms with Gasteiger partial charge in [0.2, 0.25) is 5.91 Å². The molecule has 0 spiro atoms. The third kappa shape index (κ3) is 4.11. The van der Waals surface area contributed by atoms with E-state index in [1.54, 1.807) is 24.3 Å². The molecular weight excluding hydrogens is 424 g/mol. The SMILES string of the molecule is O=C(Nc1ccc(-c2ccccc2)cc1)C(Cc1ccccc1)N1C(=O)c2ccccc2C1=O. The van der Waals surface area contributed by atoms with Crippen molar-refractivity contribution in [3.63, 3.8) is 0 Å². The molecular formula is C29H22N2O3. The Morgan fingerprint density at radius 2 is 1.15 bits per heavy atom. The molecule has 4 aromatic carbocycles. The van der Waals surface area contributed by atoms with E-state index in [1.165, 1.54) is 0 Å². The van der Waals surface area contributed by atoms with E-state index in [4.69, 9.17) is 0 Å². The van der Waals surface area contributed by atoms with E-state index in [1.807, 2.05) is 84.9 Å².